The van der Waals surface area contributed by atoms with Gasteiger partial charge in [0.2, 0.25) is 5.91 Å². The SMILES string of the molecule is Cc1ccccc1CN(C(=O)C(N)C(C)C)C(C)C. The van der Waals surface area contributed by atoms with Gasteiger partial charge in [-0.2, -0.15) is 0 Å². The number of hydrogen-bond acceptors (Lipinski definition) is 2. The molecule has 1 unspecified atom stereocenters. The number of nitrogens with zero attached hydrogens (tertiary/aromatic N) is 1. The second-order valence-electron chi connectivity index (χ2n) is 5.76. The fraction of sp³-hybridized carbons (Fsp3) is 0.562. The summed E-state index contributed by atoms with van der Waals surface area (Å²) in [6.07, 6.45) is 0. The lowest BCUT2D eigenvalue weighted by atomic mass is 10.0. The first-order chi connectivity index (χ1) is 8.84. The number of carbonyl (C=O) groups excluding carboxylic acids is 1. The molecular formula is C16H26N2O. The average Bonchev–Trinajstić information content (AvgIpc) is 2.35. The Kier molecular flexibility index (Phi) is 5.55. The van der Waals surface area contributed by atoms with Crippen LogP contribution in [-0.2, 0) is 11.3 Å². The van der Waals surface area contributed by atoms with E-state index in [4.69, 9.17) is 5.73 Å². The number of rotatable bonds is 5. The van der Waals surface area contributed by atoms with Crippen LogP contribution in [0.5, 0.6) is 0 Å². The maximum Gasteiger partial charge on any atom is 0.240 e. The minimum absolute atomic E-state index is 0.0354. The van der Waals surface area contributed by atoms with Gasteiger partial charge in [0.15, 0.2) is 0 Å². The maximum absolute atomic E-state index is 12.4. The number of hydrogen-bond donors (Lipinski definition) is 1. The van der Waals surface area contributed by atoms with Crippen molar-refractivity contribution < 1.29 is 4.79 Å². The number of aryl methyl sites for hydroxylation is 1. The second-order valence-corrected chi connectivity index (χ2v) is 5.76. The number of carbonyl (C=O) groups is 1. The van der Waals surface area contributed by atoms with E-state index in [9.17, 15) is 4.79 Å². The molecule has 0 radical (unpaired) electrons. The lowest BCUT2D eigenvalue weighted by Crippen LogP contribution is -2.48. The third-order valence-electron chi connectivity index (χ3n) is 3.51. The van der Waals surface area contributed by atoms with Crippen LogP contribution in [0.4, 0.5) is 0 Å². The van der Waals surface area contributed by atoms with Crippen LogP contribution in [0, 0.1) is 12.8 Å². The van der Waals surface area contributed by atoms with Crippen LogP contribution < -0.4 is 5.73 Å². The number of amides is 1. The van der Waals surface area contributed by atoms with Gasteiger partial charge in [-0.1, -0.05) is 38.1 Å². The molecule has 2 N–H and O–H groups in total. The molecule has 1 aromatic carbocycles. The van der Waals surface area contributed by atoms with E-state index in [2.05, 4.69) is 19.1 Å². The van der Waals surface area contributed by atoms with E-state index in [1.807, 2.05) is 44.7 Å². The average molecular weight is 262 g/mol. The third kappa shape index (κ3) is 4.06. The minimum atomic E-state index is -0.425. The van der Waals surface area contributed by atoms with E-state index in [1.54, 1.807) is 0 Å². The van der Waals surface area contributed by atoms with Gasteiger partial charge in [-0.25, -0.2) is 0 Å². The zero-order chi connectivity index (χ0) is 14.6. The number of benzene rings is 1. The van der Waals surface area contributed by atoms with Gasteiger partial charge >= 0.3 is 0 Å². The molecule has 0 aliphatic carbocycles. The van der Waals surface area contributed by atoms with E-state index in [0.29, 0.717) is 6.54 Å². The van der Waals surface area contributed by atoms with Gasteiger partial charge in [0.1, 0.15) is 0 Å². The van der Waals surface area contributed by atoms with Crippen LogP contribution in [0.2, 0.25) is 0 Å². The van der Waals surface area contributed by atoms with Crippen molar-refractivity contribution >= 4 is 5.91 Å². The largest absolute Gasteiger partial charge is 0.335 e. The van der Waals surface area contributed by atoms with Gasteiger partial charge in [0.05, 0.1) is 6.04 Å². The van der Waals surface area contributed by atoms with E-state index in [1.165, 1.54) is 11.1 Å². The molecule has 3 nitrogen and oxygen atoms in total. The quantitative estimate of drug-likeness (QED) is 0.887. The summed E-state index contributed by atoms with van der Waals surface area (Å²) in [5.74, 6) is 0.193. The fourth-order valence-corrected chi connectivity index (χ4v) is 1.96. The Morgan fingerprint density at radius 1 is 1.21 bits per heavy atom. The van der Waals surface area contributed by atoms with Gasteiger partial charge in [0, 0.05) is 12.6 Å². The highest BCUT2D eigenvalue weighted by Gasteiger charge is 2.25. The molecule has 1 amide bonds. The molecule has 0 fully saturated rings. The molecule has 0 saturated carbocycles. The first kappa shape index (κ1) is 15.7. The van der Waals surface area contributed by atoms with Crippen molar-refractivity contribution in [3.05, 3.63) is 35.4 Å². The molecule has 1 rings (SSSR count). The molecule has 3 heteroatoms. The first-order valence-electron chi connectivity index (χ1n) is 6.95. The molecule has 106 valence electrons. The zero-order valence-corrected chi connectivity index (χ0v) is 12.7. The van der Waals surface area contributed by atoms with Crippen molar-refractivity contribution in [2.75, 3.05) is 0 Å². The molecule has 0 saturated heterocycles. The van der Waals surface area contributed by atoms with Gasteiger partial charge < -0.3 is 10.6 Å². The van der Waals surface area contributed by atoms with Crippen LogP contribution >= 0.6 is 0 Å². The summed E-state index contributed by atoms with van der Waals surface area (Å²) in [4.78, 5) is 14.3. The molecule has 1 aromatic rings. The topological polar surface area (TPSA) is 46.3 Å². The zero-order valence-electron chi connectivity index (χ0n) is 12.7. The predicted molar refractivity (Wildman–Crippen MR) is 79.7 cm³/mol. The molecular weight excluding hydrogens is 236 g/mol. The van der Waals surface area contributed by atoms with E-state index in [0.717, 1.165) is 0 Å². The van der Waals surface area contributed by atoms with Crippen molar-refractivity contribution in [3.8, 4) is 0 Å². The molecule has 0 aliphatic rings. The minimum Gasteiger partial charge on any atom is -0.335 e. The Morgan fingerprint density at radius 2 is 1.79 bits per heavy atom. The Hall–Kier alpha value is -1.35. The normalized spacial score (nSPS) is 12.8. The second kappa shape index (κ2) is 6.71. The van der Waals surface area contributed by atoms with E-state index < -0.39 is 6.04 Å². The van der Waals surface area contributed by atoms with Gasteiger partial charge in [0.25, 0.3) is 0 Å². The molecule has 19 heavy (non-hydrogen) atoms. The summed E-state index contributed by atoms with van der Waals surface area (Å²) in [5, 5.41) is 0. The third-order valence-corrected chi connectivity index (χ3v) is 3.51. The van der Waals surface area contributed by atoms with Gasteiger partial charge in [-0.15, -0.1) is 0 Å². The monoisotopic (exact) mass is 262 g/mol. The van der Waals surface area contributed by atoms with Crippen molar-refractivity contribution in [1.29, 1.82) is 0 Å². The van der Waals surface area contributed by atoms with Gasteiger partial charge in [-0.3, -0.25) is 4.79 Å². The Labute approximate surface area is 116 Å². The summed E-state index contributed by atoms with van der Waals surface area (Å²) < 4.78 is 0. The highest BCUT2D eigenvalue weighted by atomic mass is 16.2. The van der Waals surface area contributed by atoms with Gasteiger partial charge in [-0.05, 0) is 37.8 Å². The van der Waals surface area contributed by atoms with Crippen LogP contribution in [0.3, 0.4) is 0 Å². The molecule has 0 aliphatic heterocycles. The Bertz CT molecular complexity index is 427. The van der Waals surface area contributed by atoms with E-state index in [-0.39, 0.29) is 17.9 Å². The van der Waals surface area contributed by atoms with Crippen molar-refractivity contribution in [2.24, 2.45) is 11.7 Å². The summed E-state index contributed by atoms with van der Waals surface area (Å²) in [7, 11) is 0. The maximum atomic E-state index is 12.4. The van der Waals surface area contributed by atoms with Crippen molar-refractivity contribution in [1.82, 2.24) is 4.90 Å². The van der Waals surface area contributed by atoms with E-state index >= 15 is 0 Å². The van der Waals surface area contributed by atoms with Crippen LogP contribution in [-0.4, -0.2) is 22.9 Å². The molecule has 0 heterocycles. The lowest BCUT2D eigenvalue weighted by molar-refractivity contribution is -0.136. The Morgan fingerprint density at radius 3 is 2.26 bits per heavy atom. The predicted octanol–water partition coefficient (Wildman–Crippen LogP) is 2.72. The van der Waals surface area contributed by atoms with Crippen molar-refractivity contribution in [2.45, 2.75) is 53.2 Å². The number of nitrogens with two attached hydrogens (primary N) is 1. The summed E-state index contributed by atoms with van der Waals surface area (Å²) >= 11 is 0. The summed E-state index contributed by atoms with van der Waals surface area (Å²) in [5.41, 5.74) is 8.39. The molecule has 1 atom stereocenters. The lowest BCUT2D eigenvalue weighted by Gasteiger charge is -2.31. The highest BCUT2D eigenvalue weighted by molar-refractivity contribution is 5.82. The standard InChI is InChI=1S/C16H26N2O/c1-11(2)15(17)16(19)18(12(3)4)10-14-9-7-6-8-13(14)5/h6-9,11-12,15H,10,17H2,1-5H3. The molecule has 0 spiro atoms. The highest BCUT2D eigenvalue weighted by Crippen LogP contribution is 2.15. The fourth-order valence-electron chi connectivity index (χ4n) is 1.96. The van der Waals surface area contributed by atoms with Crippen LogP contribution in [0.25, 0.3) is 0 Å². The van der Waals surface area contributed by atoms with Crippen LogP contribution in [0.1, 0.15) is 38.8 Å². The van der Waals surface area contributed by atoms with Crippen LogP contribution in [0.15, 0.2) is 24.3 Å². The summed E-state index contributed by atoms with van der Waals surface area (Å²) in [6, 6.07) is 7.89. The molecule has 0 aromatic heterocycles. The first-order valence-corrected chi connectivity index (χ1v) is 6.95. The summed E-state index contributed by atoms with van der Waals surface area (Å²) in [6.45, 7) is 10.7. The molecule has 0 bridgehead atoms. The smallest absolute Gasteiger partial charge is 0.240 e. The Balaban J connectivity index is 2.91. The van der Waals surface area contributed by atoms with Crippen molar-refractivity contribution in [3.63, 3.8) is 0 Å².